The molecule has 2 fully saturated rings. The molecule has 4 heterocycles. The summed E-state index contributed by atoms with van der Waals surface area (Å²) in [6.45, 7) is 4.61. The number of aromatic nitrogens is 2. The number of hydrogen-bond donors (Lipinski definition) is 1. The number of pyridine rings is 2. The molecule has 6 rings (SSSR count). The summed E-state index contributed by atoms with van der Waals surface area (Å²) < 4.78 is 0. The van der Waals surface area contributed by atoms with E-state index in [1.54, 1.807) is 0 Å². The van der Waals surface area contributed by atoms with Gasteiger partial charge >= 0.3 is 0 Å². The Labute approximate surface area is 183 Å². The van der Waals surface area contributed by atoms with Crippen molar-refractivity contribution >= 4 is 5.69 Å². The van der Waals surface area contributed by atoms with Crippen molar-refractivity contribution in [1.82, 2.24) is 14.9 Å². The Balaban J connectivity index is 1.28. The molecule has 1 aromatic carbocycles. The van der Waals surface area contributed by atoms with E-state index < -0.39 is 0 Å². The highest BCUT2D eigenvalue weighted by Gasteiger charge is 2.71. The largest absolute Gasteiger partial charge is 0.391 e. The fourth-order valence-corrected chi connectivity index (χ4v) is 6.18. The van der Waals surface area contributed by atoms with Crippen molar-refractivity contribution in [1.29, 1.82) is 0 Å². The summed E-state index contributed by atoms with van der Waals surface area (Å²) in [6.07, 6.45) is 6.26. The van der Waals surface area contributed by atoms with Crippen molar-refractivity contribution in [2.45, 2.75) is 25.0 Å². The van der Waals surface area contributed by atoms with Crippen molar-refractivity contribution in [3.8, 4) is 0 Å². The summed E-state index contributed by atoms with van der Waals surface area (Å²) in [5, 5.41) is 11.4. The summed E-state index contributed by atoms with van der Waals surface area (Å²) in [4.78, 5) is 13.6. The lowest BCUT2D eigenvalue weighted by Gasteiger charge is -2.29. The number of anilines is 1. The standard InChI is InChI=1S/C26H28N4O/c31-24-17-30(21-8-12-27-13-9-21)18-26(24)22(25(26)19-5-2-1-3-6-19)16-29-14-10-23-20(15-29)7-4-11-28-23/h1-9,11-13,22,24-25,31H,10,14-18H2/t22-,24-,25-,26-/m1/s1. The number of benzene rings is 1. The highest BCUT2D eigenvalue weighted by molar-refractivity contribution is 5.50. The van der Waals surface area contributed by atoms with Crippen LogP contribution in [0.1, 0.15) is 22.7 Å². The van der Waals surface area contributed by atoms with Gasteiger partial charge in [-0.15, -0.1) is 0 Å². The maximum absolute atomic E-state index is 11.4. The number of aliphatic hydroxyl groups is 1. The minimum absolute atomic E-state index is 0.0835. The Hall–Kier alpha value is -2.76. The summed E-state index contributed by atoms with van der Waals surface area (Å²) in [6, 6.07) is 19.2. The number of aliphatic hydroxyl groups excluding tert-OH is 1. The smallest absolute Gasteiger partial charge is 0.0797 e. The fraction of sp³-hybridized carbons (Fsp3) is 0.385. The summed E-state index contributed by atoms with van der Waals surface area (Å²) >= 11 is 0. The lowest BCUT2D eigenvalue weighted by molar-refractivity contribution is 0.115. The Morgan fingerprint density at radius 1 is 1.00 bits per heavy atom. The average molecular weight is 413 g/mol. The van der Waals surface area contributed by atoms with Gasteiger partial charge < -0.3 is 10.0 Å². The molecule has 1 N–H and O–H groups in total. The van der Waals surface area contributed by atoms with Crippen LogP contribution in [0.5, 0.6) is 0 Å². The number of β-amino-alcohol motifs (C(OH)–C–C–N with tert-alkyl or cyclic N) is 1. The molecule has 158 valence electrons. The van der Waals surface area contributed by atoms with E-state index in [9.17, 15) is 5.11 Å². The van der Waals surface area contributed by atoms with Crippen LogP contribution in [0.15, 0.2) is 73.2 Å². The molecule has 1 saturated carbocycles. The van der Waals surface area contributed by atoms with E-state index in [0.29, 0.717) is 18.4 Å². The highest BCUT2D eigenvalue weighted by atomic mass is 16.3. The van der Waals surface area contributed by atoms with Gasteiger partial charge in [-0.05, 0) is 41.2 Å². The minimum atomic E-state index is -0.324. The maximum Gasteiger partial charge on any atom is 0.0797 e. The highest BCUT2D eigenvalue weighted by Crippen LogP contribution is 2.69. The van der Waals surface area contributed by atoms with Crippen molar-refractivity contribution < 1.29 is 5.11 Å². The molecular formula is C26H28N4O. The van der Waals surface area contributed by atoms with Crippen LogP contribution in [-0.4, -0.2) is 52.3 Å². The zero-order chi connectivity index (χ0) is 20.8. The molecule has 2 aromatic heterocycles. The molecule has 0 bridgehead atoms. The molecule has 4 atom stereocenters. The molecule has 1 spiro atoms. The van der Waals surface area contributed by atoms with Crippen LogP contribution >= 0.6 is 0 Å². The summed E-state index contributed by atoms with van der Waals surface area (Å²) in [5.41, 5.74) is 5.03. The topological polar surface area (TPSA) is 52.5 Å². The van der Waals surface area contributed by atoms with Crippen molar-refractivity contribution in [2.24, 2.45) is 11.3 Å². The second-order valence-corrected chi connectivity index (χ2v) is 9.30. The third-order valence-corrected chi connectivity index (χ3v) is 7.73. The van der Waals surface area contributed by atoms with Gasteiger partial charge in [0.2, 0.25) is 0 Å². The molecule has 31 heavy (non-hydrogen) atoms. The van der Waals surface area contributed by atoms with Gasteiger partial charge in [-0.1, -0.05) is 36.4 Å². The van der Waals surface area contributed by atoms with Gasteiger partial charge in [-0.25, -0.2) is 0 Å². The predicted octanol–water partition coefficient (Wildman–Crippen LogP) is 3.12. The van der Waals surface area contributed by atoms with Gasteiger partial charge in [0, 0.05) is 74.5 Å². The van der Waals surface area contributed by atoms with Gasteiger partial charge in [-0.3, -0.25) is 14.9 Å². The van der Waals surface area contributed by atoms with Crippen LogP contribution in [0.25, 0.3) is 0 Å². The van der Waals surface area contributed by atoms with Gasteiger partial charge in [0.25, 0.3) is 0 Å². The summed E-state index contributed by atoms with van der Waals surface area (Å²) in [7, 11) is 0. The number of fused-ring (bicyclic) bond motifs is 1. The van der Waals surface area contributed by atoms with E-state index in [4.69, 9.17) is 0 Å². The van der Waals surface area contributed by atoms with Crippen molar-refractivity contribution in [3.05, 3.63) is 90.0 Å². The van der Waals surface area contributed by atoms with E-state index in [1.165, 1.54) is 16.8 Å². The Morgan fingerprint density at radius 2 is 1.84 bits per heavy atom. The van der Waals surface area contributed by atoms with E-state index in [1.807, 2.05) is 24.7 Å². The van der Waals surface area contributed by atoms with Gasteiger partial charge in [-0.2, -0.15) is 0 Å². The van der Waals surface area contributed by atoms with E-state index >= 15 is 0 Å². The van der Waals surface area contributed by atoms with Crippen LogP contribution in [0.2, 0.25) is 0 Å². The van der Waals surface area contributed by atoms with Crippen LogP contribution in [0, 0.1) is 11.3 Å². The Bertz CT molecular complexity index is 1060. The van der Waals surface area contributed by atoms with Gasteiger partial charge in [0.05, 0.1) is 6.10 Å². The molecule has 5 heteroatoms. The lowest BCUT2D eigenvalue weighted by atomic mass is 9.95. The van der Waals surface area contributed by atoms with E-state index in [2.05, 4.69) is 68.3 Å². The van der Waals surface area contributed by atoms with Crippen molar-refractivity contribution in [3.63, 3.8) is 0 Å². The molecule has 0 unspecified atom stereocenters. The first-order valence-corrected chi connectivity index (χ1v) is 11.3. The molecule has 0 amide bonds. The minimum Gasteiger partial charge on any atom is -0.391 e. The molecule has 0 radical (unpaired) electrons. The first-order valence-electron chi connectivity index (χ1n) is 11.3. The SMILES string of the molecule is O[C@@H]1CN(c2ccncc2)C[C@@]12[C@H](CN1CCc3ncccc3C1)[C@H]2c1ccccc1. The summed E-state index contributed by atoms with van der Waals surface area (Å²) in [5.74, 6) is 0.848. The van der Waals surface area contributed by atoms with E-state index in [0.717, 1.165) is 38.3 Å². The van der Waals surface area contributed by atoms with Crippen molar-refractivity contribution in [2.75, 3.05) is 31.1 Å². The first kappa shape index (κ1) is 19.0. The molecule has 3 aromatic rings. The Morgan fingerprint density at radius 3 is 2.68 bits per heavy atom. The number of rotatable bonds is 4. The second-order valence-electron chi connectivity index (χ2n) is 9.30. The molecule has 2 aliphatic heterocycles. The van der Waals surface area contributed by atoms with Crippen LogP contribution in [0.3, 0.4) is 0 Å². The fourth-order valence-electron chi connectivity index (χ4n) is 6.18. The normalized spacial score (nSPS) is 29.8. The maximum atomic E-state index is 11.4. The quantitative estimate of drug-likeness (QED) is 0.714. The van der Waals surface area contributed by atoms with Crippen LogP contribution in [-0.2, 0) is 13.0 Å². The van der Waals surface area contributed by atoms with Crippen LogP contribution < -0.4 is 4.90 Å². The zero-order valence-electron chi connectivity index (χ0n) is 17.6. The lowest BCUT2D eigenvalue weighted by Crippen LogP contribution is -2.34. The Kier molecular flexibility index (Phi) is 4.55. The zero-order valence-corrected chi connectivity index (χ0v) is 17.6. The molecule has 1 aliphatic carbocycles. The average Bonchev–Trinajstić information content (AvgIpc) is 3.32. The monoisotopic (exact) mass is 412 g/mol. The molecule has 3 aliphatic rings. The third kappa shape index (κ3) is 3.15. The number of nitrogens with zero attached hydrogens (tertiary/aromatic N) is 4. The predicted molar refractivity (Wildman–Crippen MR) is 121 cm³/mol. The first-order chi connectivity index (χ1) is 15.3. The van der Waals surface area contributed by atoms with Gasteiger partial charge in [0.1, 0.15) is 0 Å². The molecule has 5 nitrogen and oxygen atoms in total. The van der Waals surface area contributed by atoms with Gasteiger partial charge in [0.15, 0.2) is 0 Å². The van der Waals surface area contributed by atoms with E-state index in [-0.39, 0.29) is 11.5 Å². The molecular weight excluding hydrogens is 384 g/mol. The third-order valence-electron chi connectivity index (χ3n) is 7.73. The molecule has 1 saturated heterocycles. The second kappa shape index (κ2) is 7.43. The van der Waals surface area contributed by atoms with Crippen LogP contribution in [0.4, 0.5) is 5.69 Å². The number of hydrogen-bond acceptors (Lipinski definition) is 5.